The van der Waals surface area contributed by atoms with Gasteiger partial charge in [0.25, 0.3) is 0 Å². The maximum absolute atomic E-state index is 13.6. The van der Waals surface area contributed by atoms with Gasteiger partial charge in [0, 0.05) is 12.5 Å². The molecule has 0 unspecified atom stereocenters. The second kappa shape index (κ2) is 5.95. The van der Waals surface area contributed by atoms with E-state index in [0.717, 1.165) is 5.56 Å². The number of benzene rings is 1. The van der Waals surface area contributed by atoms with E-state index in [4.69, 9.17) is 0 Å². The van der Waals surface area contributed by atoms with Gasteiger partial charge in [-0.2, -0.15) is 0 Å². The molecule has 1 aromatic rings. The first-order valence-corrected chi connectivity index (χ1v) is 5.27. The third kappa shape index (κ3) is 3.69. The van der Waals surface area contributed by atoms with Crippen molar-refractivity contribution in [1.29, 1.82) is 0 Å². The fraction of sp³-hybridized carbons (Fsp3) is 0.231. The molecule has 0 heterocycles. The van der Waals surface area contributed by atoms with Crippen molar-refractivity contribution in [3.8, 4) is 0 Å². The largest absolute Gasteiger partial charge is 0.464 e. The minimum Gasteiger partial charge on any atom is -0.464 e. The van der Waals surface area contributed by atoms with Gasteiger partial charge < -0.3 is 10.1 Å². The minimum atomic E-state index is -0.731. The van der Waals surface area contributed by atoms with E-state index in [0.29, 0.717) is 0 Å². The molecule has 0 aliphatic heterocycles. The lowest BCUT2D eigenvalue weighted by atomic mass is 10.1. The van der Waals surface area contributed by atoms with E-state index in [-0.39, 0.29) is 11.3 Å². The molecule has 5 heteroatoms. The highest BCUT2D eigenvalue weighted by Crippen LogP contribution is 2.13. The van der Waals surface area contributed by atoms with Crippen molar-refractivity contribution in [2.75, 3.05) is 7.11 Å². The average Bonchev–Trinajstić information content (AvgIpc) is 2.30. The molecule has 1 rings (SSSR count). The maximum atomic E-state index is 13.6. The highest BCUT2D eigenvalue weighted by molar-refractivity contribution is 5.97. The lowest BCUT2D eigenvalue weighted by Crippen LogP contribution is -2.25. The Kier molecular flexibility index (Phi) is 4.59. The number of aryl methyl sites for hydroxylation is 1. The summed E-state index contributed by atoms with van der Waals surface area (Å²) in [6.45, 7) is 3.01. The normalized spacial score (nSPS) is 11.0. The summed E-state index contributed by atoms with van der Waals surface area (Å²) < 4.78 is 18.1. The van der Waals surface area contributed by atoms with Gasteiger partial charge in [-0.25, -0.2) is 9.18 Å². The molecule has 0 aromatic heterocycles. The molecule has 0 aliphatic rings. The van der Waals surface area contributed by atoms with Crippen molar-refractivity contribution in [2.45, 2.75) is 13.8 Å². The van der Waals surface area contributed by atoms with Gasteiger partial charge in [-0.1, -0.05) is 12.1 Å². The maximum Gasteiger partial charge on any atom is 0.354 e. The first-order chi connectivity index (χ1) is 8.43. The summed E-state index contributed by atoms with van der Waals surface area (Å²) in [7, 11) is 1.18. The fourth-order valence-corrected chi connectivity index (χ4v) is 1.35. The SMILES string of the molecule is COC(=O)/C(=C\c1ccc(C)cc1F)NC(C)=O. The number of methoxy groups -OCH3 is 1. The van der Waals surface area contributed by atoms with Gasteiger partial charge in [-0.15, -0.1) is 0 Å². The number of rotatable bonds is 3. The number of carbonyl (C=O) groups is 2. The summed E-state index contributed by atoms with van der Waals surface area (Å²) in [5.41, 5.74) is 0.867. The van der Waals surface area contributed by atoms with E-state index in [2.05, 4.69) is 10.1 Å². The topological polar surface area (TPSA) is 55.4 Å². The van der Waals surface area contributed by atoms with Gasteiger partial charge in [-0.05, 0) is 24.6 Å². The van der Waals surface area contributed by atoms with Crippen LogP contribution in [0, 0.1) is 12.7 Å². The van der Waals surface area contributed by atoms with Crippen LogP contribution in [0.4, 0.5) is 4.39 Å². The smallest absolute Gasteiger partial charge is 0.354 e. The predicted molar refractivity (Wildman–Crippen MR) is 64.9 cm³/mol. The molecule has 0 bridgehead atoms. The van der Waals surface area contributed by atoms with Gasteiger partial charge in [0.15, 0.2) is 0 Å². The van der Waals surface area contributed by atoms with Crippen molar-refractivity contribution in [3.63, 3.8) is 0 Å². The number of nitrogens with one attached hydrogen (secondary N) is 1. The molecule has 0 saturated heterocycles. The third-order valence-electron chi connectivity index (χ3n) is 2.17. The Morgan fingerprint density at radius 3 is 2.56 bits per heavy atom. The van der Waals surface area contributed by atoms with Crippen LogP contribution in [0.3, 0.4) is 0 Å². The molecule has 1 N–H and O–H groups in total. The van der Waals surface area contributed by atoms with E-state index >= 15 is 0 Å². The van der Waals surface area contributed by atoms with Crippen molar-refractivity contribution in [2.24, 2.45) is 0 Å². The van der Waals surface area contributed by atoms with Crippen LogP contribution in [0.2, 0.25) is 0 Å². The third-order valence-corrected chi connectivity index (χ3v) is 2.17. The Balaban J connectivity index is 3.14. The second-order valence-corrected chi connectivity index (χ2v) is 3.76. The zero-order chi connectivity index (χ0) is 13.7. The Morgan fingerprint density at radius 2 is 2.06 bits per heavy atom. The lowest BCUT2D eigenvalue weighted by molar-refractivity contribution is -0.137. The van der Waals surface area contributed by atoms with E-state index in [9.17, 15) is 14.0 Å². The first-order valence-electron chi connectivity index (χ1n) is 5.27. The van der Waals surface area contributed by atoms with E-state index in [1.54, 1.807) is 13.0 Å². The van der Waals surface area contributed by atoms with Gasteiger partial charge in [0.1, 0.15) is 11.5 Å². The van der Waals surface area contributed by atoms with Crippen LogP contribution in [-0.2, 0) is 14.3 Å². The Morgan fingerprint density at radius 1 is 1.39 bits per heavy atom. The molecule has 0 fully saturated rings. The molecular formula is C13H14FNO3. The van der Waals surface area contributed by atoms with Crippen LogP contribution in [-0.4, -0.2) is 19.0 Å². The average molecular weight is 251 g/mol. The summed E-state index contributed by atoms with van der Waals surface area (Å²) in [6, 6.07) is 4.57. The zero-order valence-corrected chi connectivity index (χ0v) is 10.4. The van der Waals surface area contributed by atoms with Gasteiger partial charge in [0.05, 0.1) is 7.11 Å². The first kappa shape index (κ1) is 13.9. The summed E-state index contributed by atoms with van der Waals surface area (Å²) in [6.07, 6.45) is 1.24. The molecule has 0 spiro atoms. The van der Waals surface area contributed by atoms with Gasteiger partial charge in [0.2, 0.25) is 5.91 Å². The van der Waals surface area contributed by atoms with E-state index in [1.165, 1.54) is 32.2 Å². The summed E-state index contributed by atoms with van der Waals surface area (Å²) in [5, 5.41) is 2.30. The van der Waals surface area contributed by atoms with Gasteiger partial charge >= 0.3 is 5.97 Å². The molecule has 0 radical (unpaired) electrons. The number of carbonyl (C=O) groups excluding carboxylic acids is 2. The molecule has 0 atom stereocenters. The molecule has 1 aromatic carbocycles. The highest BCUT2D eigenvalue weighted by Gasteiger charge is 2.12. The van der Waals surface area contributed by atoms with E-state index in [1.807, 2.05) is 0 Å². The molecule has 0 saturated carbocycles. The Hall–Kier alpha value is -2.17. The molecule has 96 valence electrons. The molecule has 18 heavy (non-hydrogen) atoms. The van der Waals surface area contributed by atoms with Crippen molar-refractivity contribution in [1.82, 2.24) is 5.32 Å². The number of halogens is 1. The van der Waals surface area contributed by atoms with Crippen molar-refractivity contribution >= 4 is 18.0 Å². The monoisotopic (exact) mass is 251 g/mol. The molecule has 0 aliphatic carbocycles. The summed E-state index contributed by atoms with van der Waals surface area (Å²) in [5.74, 6) is -1.63. The predicted octanol–water partition coefficient (Wildman–Crippen LogP) is 1.78. The minimum absolute atomic E-state index is 0.104. The standard InChI is InChI=1S/C13H14FNO3/c1-8-4-5-10(11(14)6-8)7-12(13(17)18-3)15-9(2)16/h4-7H,1-3H3,(H,15,16)/b12-7+. The van der Waals surface area contributed by atoms with E-state index < -0.39 is 17.7 Å². The van der Waals surface area contributed by atoms with Crippen molar-refractivity contribution in [3.05, 3.63) is 40.8 Å². The van der Waals surface area contributed by atoms with Gasteiger partial charge in [-0.3, -0.25) is 4.79 Å². The molecule has 1 amide bonds. The Bertz CT molecular complexity index is 509. The van der Waals surface area contributed by atoms with Crippen LogP contribution in [0.25, 0.3) is 6.08 Å². The zero-order valence-electron chi connectivity index (χ0n) is 10.4. The quantitative estimate of drug-likeness (QED) is 0.658. The number of ether oxygens (including phenoxy) is 1. The van der Waals surface area contributed by atoms with Crippen LogP contribution in [0.1, 0.15) is 18.1 Å². The highest BCUT2D eigenvalue weighted by atomic mass is 19.1. The number of hydrogen-bond donors (Lipinski definition) is 1. The molecular weight excluding hydrogens is 237 g/mol. The summed E-state index contributed by atoms with van der Waals surface area (Å²) >= 11 is 0. The molecule has 4 nitrogen and oxygen atoms in total. The fourth-order valence-electron chi connectivity index (χ4n) is 1.35. The van der Waals surface area contributed by atoms with Crippen LogP contribution in [0.15, 0.2) is 23.9 Å². The lowest BCUT2D eigenvalue weighted by Gasteiger charge is -2.06. The van der Waals surface area contributed by atoms with Crippen molar-refractivity contribution < 1.29 is 18.7 Å². The van der Waals surface area contributed by atoms with Crippen LogP contribution in [0.5, 0.6) is 0 Å². The number of esters is 1. The second-order valence-electron chi connectivity index (χ2n) is 3.76. The van der Waals surface area contributed by atoms with Crippen LogP contribution >= 0.6 is 0 Å². The summed E-state index contributed by atoms with van der Waals surface area (Å²) in [4.78, 5) is 22.4. The Labute approximate surface area is 104 Å². The number of hydrogen-bond acceptors (Lipinski definition) is 3. The number of amides is 1. The van der Waals surface area contributed by atoms with Crippen LogP contribution < -0.4 is 5.32 Å².